The summed E-state index contributed by atoms with van der Waals surface area (Å²) < 4.78 is 18.0. The number of hydrogen-bond acceptors (Lipinski definition) is 5. The Morgan fingerprint density at radius 1 is 0.800 bits per heavy atom. The summed E-state index contributed by atoms with van der Waals surface area (Å²) >= 11 is 3.44. The van der Waals surface area contributed by atoms with Gasteiger partial charge in [0.2, 0.25) is 0 Å². The van der Waals surface area contributed by atoms with Crippen molar-refractivity contribution < 1.29 is 23.9 Å². The van der Waals surface area contributed by atoms with Crippen LogP contribution in [0.4, 0.5) is 0 Å². The molecule has 6 nitrogen and oxygen atoms in total. The van der Waals surface area contributed by atoms with Crippen LogP contribution in [0.25, 0.3) is 33.7 Å². The minimum atomic E-state index is -1.02. The van der Waals surface area contributed by atoms with Crippen molar-refractivity contribution in [3.8, 4) is 45.2 Å². The van der Waals surface area contributed by atoms with E-state index in [2.05, 4.69) is 21.1 Å². The van der Waals surface area contributed by atoms with Crippen molar-refractivity contribution >= 4 is 21.9 Å². The van der Waals surface area contributed by atoms with Crippen LogP contribution in [0.5, 0.6) is 11.5 Å². The highest BCUT2D eigenvalue weighted by atomic mass is 79.9. The Morgan fingerprint density at radius 2 is 1.43 bits per heavy atom. The van der Waals surface area contributed by atoms with Crippen molar-refractivity contribution in [1.82, 2.24) is 5.16 Å². The molecule has 0 unspecified atom stereocenters. The fraction of sp³-hybridized carbons (Fsp3) is 0.0714. The Bertz CT molecular complexity index is 1410. The number of carbonyl (C=O) groups is 1. The second kappa shape index (κ2) is 10.0. The van der Waals surface area contributed by atoms with Crippen molar-refractivity contribution in [2.24, 2.45) is 0 Å². The second-order valence-corrected chi connectivity index (χ2v) is 8.78. The van der Waals surface area contributed by atoms with Crippen LogP contribution in [0.1, 0.15) is 5.56 Å². The molecule has 35 heavy (non-hydrogen) atoms. The molecule has 0 fully saturated rings. The van der Waals surface area contributed by atoms with Crippen molar-refractivity contribution in [1.29, 1.82) is 0 Å². The topological polar surface area (TPSA) is 81.8 Å². The Kier molecular flexibility index (Phi) is 6.50. The zero-order chi connectivity index (χ0) is 24.2. The van der Waals surface area contributed by atoms with E-state index >= 15 is 0 Å². The van der Waals surface area contributed by atoms with Crippen LogP contribution in [0.3, 0.4) is 0 Å². The predicted molar refractivity (Wildman–Crippen MR) is 136 cm³/mol. The summed E-state index contributed by atoms with van der Waals surface area (Å²) in [4.78, 5) is 10.7. The smallest absolute Gasteiger partial charge is 0.341 e. The standard InChI is InChI=1S/C28H20BrNO5/c29-21-10-4-18(5-11-21)16-33-22-14-8-20(9-15-22)28-25-3-1-2-24(25)27(30-35-28)19-6-12-23(13-7-19)34-17-26(31)32/h1-15H,16-17H2,(H,31,32). The molecule has 0 aromatic heterocycles. The molecule has 2 aliphatic rings. The number of carboxylic acid groups (broad SMARTS) is 1. The predicted octanol–water partition coefficient (Wildman–Crippen LogP) is 6.92. The molecule has 0 saturated heterocycles. The molecule has 174 valence electrons. The first-order valence-electron chi connectivity index (χ1n) is 10.9. The number of hydrogen-bond donors (Lipinski definition) is 1. The van der Waals surface area contributed by atoms with Gasteiger partial charge in [0.25, 0.3) is 0 Å². The Labute approximate surface area is 210 Å². The molecular formula is C28H20BrNO5. The van der Waals surface area contributed by atoms with Gasteiger partial charge in [-0.2, -0.15) is 0 Å². The Morgan fingerprint density at radius 3 is 2.11 bits per heavy atom. The molecule has 0 radical (unpaired) electrons. The van der Waals surface area contributed by atoms with Crippen LogP contribution >= 0.6 is 15.9 Å². The van der Waals surface area contributed by atoms with Crippen molar-refractivity contribution in [2.75, 3.05) is 6.61 Å². The van der Waals surface area contributed by atoms with Crippen LogP contribution in [-0.2, 0) is 11.4 Å². The first kappa shape index (κ1) is 22.7. The molecule has 1 aliphatic heterocycles. The van der Waals surface area contributed by atoms with Gasteiger partial charge in [-0.3, -0.25) is 0 Å². The van der Waals surface area contributed by atoms with Crippen LogP contribution in [0.15, 0.2) is 100.0 Å². The summed E-state index contributed by atoms with van der Waals surface area (Å²) in [6.07, 6.45) is 0. The number of nitrogens with zero attached hydrogens (tertiary/aromatic N) is 1. The molecule has 3 aromatic rings. The van der Waals surface area contributed by atoms with Gasteiger partial charge >= 0.3 is 5.97 Å². The largest absolute Gasteiger partial charge is 0.489 e. The molecule has 1 aliphatic carbocycles. The quantitative estimate of drug-likeness (QED) is 0.235. The molecule has 0 bridgehead atoms. The summed E-state index contributed by atoms with van der Waals surface area (Å²) in [7, 11) is 0. The lowest BCUT2D eigenvalue weighted by Crippen LogP contribution is -2.09. The van der Waals surface area contributed by atoms with Gasteiger partial charge in [0.1, 0.15) is 23.8 Å². The molecule has 0 spiro atoms. The van der Waals surface area contributed by atoms with Crippen LogP contribution in [0.2, 0.25) is 0 Å². The van der Waals surface area contributed by atoms with E-state index in [1.807, 2.05) is 78.9 Å². The van der Waals surface area contributed by atoms with Crippen LogP contribution < -0.4 is 9.47 Å². The number of benzene rings is 3. The third kappa shape index (κ3) is 5.20. The number of aromatic nitrogens is 1. The molecule has 7 heteroatoms. The number of aliphatic carboxylic acids is 1. The number of rotatable bonds is 8. The van der Waals surface area contributed by atoms with Gasteiger partial charge in [0.15, 0.2) is 12.4 Å². The Hall–Kier alpha value is -4.10. The monoisotopic (exact) mass is 529 g/mol. The summed E-state index contributed by atoms with van der Waals surface area (Å²) in [5.41, 5.74) is 5.44. The van der Waals surface area contributed by atoms with Crippen molar-refractivity contribution in [3.05, 3.63) is 101 Å². The number of fused-ring (bicyclic) bond motifs is 1. The lowest BCUT2D eigenvalue weighted by atomic mass is 9.99. The van der Waals surface area contributed by atoms with Gasteiger partial charge in [-0.05, 0) is 66.2 Å². The van der Waals surface area contributed by atoms with E-state index in [0.717, 1.165) is 38.0 Å². The van der Waals surface area contributed by atoms with E-state index in [1.54, 1.807) is 12.1 Å². The number of ether oxygens (including phenoxy) is 2. The van der Waals surface area contributed by atoms with E-state index in [4.69, 9.17) is 19.1 Å². The minimum absolute atomic E-state index is 0.386. The first-order chi connectivity index (χ1) is 17.1. The summed E-state index contributed by atoms with van der Waals surface area (Å²) in [6, 6.07) is 28.8. The maximum atomic E-state index is 10.7. The summed E-state index contributed by atoms with van der Waals surface area (Å²) in [5, 5.41) is 13.2. The molecule has 3 aromatic carbocycles. The fourth-order valence-electron chi connectivity index (χ4n) is 3.73. The summed E-state index contributed by atoms with van der Waals surface area (Å²) in [6.45, 7) is 0.100. The third-order valence-electron chi connectivity index (χ3n) is 5.47. The maximum absolute atomic E-state index is 10.7. The van der Waals surface area contributed by atoms with Gasteiger partial charge in [-0.1, -0.05) is 51.4 Å². The highest BCUT2D eigenvalue weighted by molar-refractivity contribution is 9.10. The normalized spacial score (nSPS) is 10.9. The average Bonchev–Trinajstić information content (AvgIpc) is 3.38. The van der Waals surface area contributed by atoms with Gasteiger partial charge in [0, 0.05) is 26.7 Å². The fourth-order valence-corrected chi connectivity index (χ4v) is 4.00. The van der Waals surface area contributed by atoms with E-state index in [9.17, 15) is 4.79 Å². The molecule has 0 atom stereocenters. The van der Waals surface area contributed by atoms with Crippen molar-refractivity contribution in [3.63, 3.8) is 0 Å². The van der Waals surface area contributed by atoms with Gasteiger partial charge in [-0.15, -0.1) is 0 Å². The second-order valence-electron chi connectivity index (χ2n) is 7.86. The van der Waals surface area contributed by atoms with Crippen LogP contribution in [-0.4, -0.2) is 22.8 Å². The Balaban J connectivity index is 1.34. The molecule has 0 amide bonds. The molecule has 1 heterocycles. The minimum Gasteiger partial charge on any atom is -0.489 e. The highest BCUT2D eigenvalue weighted by Crippen LogP contribution is 2.40. The maximum Gasteiger partial charge on any atom is 0.341 e. The zero-order valence-corrected chi connectivity index (χ0v) is 20.1. The lowest BCUT2D eigenvalue weighted by Gasteiger charge is -2.12. The van der Waals surface area contributed by atoms with Gasteiger partial charge < -0.3 is 19.1 Å². The van der Waals surface area contributed by atoms with Crippen molar-refractivity contribution in [2.45, 2.75) is 6.61 Å². The molecule has 5 rings (SSSR count). The average molecular weight is 530 g/mol. The molecule has 0 saturated carbocycles. The lowest BCUT2D eigenvalue weighted by molar-refractivity contribution is -0.139. The van der Waals surface area contributed by atoms with E-state index in [-0.39, 0.29) is 6.61 Å². The number of halogens is 1. The molecule has 1 N–H and O–H groups in total. The van der Waals surface area contributed by atoms with Gasteiger partial charge in [-0.25, -0.2) is 4.79 Å². The summed E-state index contributed by atoms with van der Waals surface area (Å²) in [5.74, 6) is 0.901. The SMILES string of the molecule is O=C(O)COc1ccc(-c2noc(-c3ccc(OCc4ccc(Br)cc4)cc3)c3cccc2-3)cc1. The van der Waals surface area contributed by atoms with Crippen LogP contribution in [0, 0.1) is 0 Å². The van der Waals surface area contributed by atoms with E-state index in [1.165, 1.54) is 0 Å². The van der Waals surface area contributed by atoms with E-state index < -0.39 is 5.97 Å². The molecular weight excluding hydrogens is 510 g/mol. The highest BCUT2D eigenvalue weighted by Gasteiger charge is 2.19. The third-order valence-corrected chi connectivity index (χ3v) is 6.00. The van der Waals surface area contributed by atoms with E-state index in [0.29, 0.717) is 23.8 Å². The first-order valence-corrected chi connectivity index (χ1v) is 11.7. The number of carboxylic acids is 1. The van der Waals surface area contributed by atoms with Gasteiger partial charge in [0.05, 0.1) is 0 Å². The zero-order valence-electron chi connectivity index (χ0n) is 18.5.